The number of anilines is 2. The zero-order valence-electron chi connectivity index (χ0n) is 16.1. The number of nitrogens with zero attached hydrogens (tertiary/aromatic N) is 3. The molecule has 1 aliphatic rings. The Morgan fingerprint density at radius 1 is 1.23 bits per heavy atom. The van der Waals surface area contributed by atoms with E-state index in [2.05, 4.69) is 15.3 Å². The van der Waals surface area contributed by atoms with Gasteiger partial charge in [0.2, 0.25) is 5.91 Å². The van der Waals surface area contributed by atoms with Crippen molar-refractivity contribution in [2.24, 2.45) is 0 Å². The molecule has 0 saturated heterocycles. The highest BCUT2D eigenvalue weighted by Gasteiger charge is 2.34. The zero-order chi connectivity index (χ0) is 21.5. The van der Waals surface area contributed by atoms with E-state index in [9.17, 15) is 13.2 Å². The number of hydrogen-bond acceptors (Lipinski definition) is 6. The lowest BCUT2D eigenvalue weighted by atomic mass is 10.1. The van der Waals surface area contributed by atoms with E-state index in [1.807, 2.05) is 19.1 Å². The van der Waals surface area contributed by atoms with Crippen LogP contribution in [0.4, 0.5) is 11.4 Å². The fraction of sp³-hybridized carbons (Fsp3) is 0.150. The summed E-state index contributed by atoms with van der Waals surface area (Å²) in [5.74, 6) is -0.213. The molecule has 0 atom stereocenters. The summed E-state index contributed by atoms with van der Waals surface area (Å²) in [6, 6.07) is 12.5. The summed E-state index contributed by atoms with van der Waals surface area (Å²) in [5.41, 5.74) is 3.12. The van der Waals surface area contributed by atoms with Crippen LogP contribution in [0.3, 0.4) is 0 Å². The summed E-state index contributed by atoms with van der Waals surface area (Å²) >= 11 is 7.18. The first-order valence-corrected chi connectivity index (χ1v) is 11.7. The summed E-state index contributed by atoms with van der Waals surface area (Å²) in [7, 11) is -2.23. The van der Waals surface area contributed by atoms with Gasteiger partial charge in [-0.3, -0.25) is 9.10 Å². The van der Waals surface area contributed by atoms with Crippen molar-refractivity contribution in [1.82, 2.24) is 9.97 Å². The largest absolute Gasteiger partial charge is 0.324 e. The number of fused-ring (bicyclic) bond motifs is 3. The third-order valence-corrected chi connectivity index (χ3v) is 7.56. The third kappa shape index (κ3) is 3.76. The first kappa shape index (κ1) is 20.6. The predicted molar refractivity (Wildman–Crippen MR) is 119 cm³/mol. The van der Waals surface area contributed by atoms with Crippen LogP contribution >= 0.6 is 23.4 Å². The summed E-state index contributed by atoms with van der Waals surface area (Å²) < 4.78 is 26.9. The van der Waals surface area contributed by atoms with Gasteiger partial charge in [-0.25, -0.2) is 18.4 Å². The Hall–Kier alpha value is -2.62. The molecule has 2 heterocycles. The number of carbonyl (C=O) groups excluding carboxylic acids is 1. The van der Waals surface area contributed by atoms with Crippen molar-refractivity contribution >= 4 is 50.7 Å². The van der Waals surface area contributed by atoms with Gasteiger partial charge < -0.3 is 5.32 Å². The number of hydrogen-bond donors (Lipinski definition) is 1. The number of rotatable bonds is 4. The Labute approximate surface area is 183 Å². The lowest BCUT2D eigenvalue weighted by Gasteiger charge is -2.28. The summed E-state index contributed by atoms with van der Waals surface area (Å²) in [4.78, 5) is 20.9. The molecule has 1 aliphatic heterocycles. The Bertz CT molecular complexity index is 1260. The van der Waals surface area contributed by atoms with Gasteiger partial charge in [0.25, 0.3) is 10.0 Å². The van der Waals surface area contributed by atoms with E-state index in [-0.39, 0.29) is 16.6 Å². The van der Waals surface area contributed by atoms with Crippen LogP contribution in [0.1, 0.15) is 5.56 Å². The molecule has 1 aromatic heterocycles. The minimum Gasteiger partial charge on any atom is -0.324 e. The summed E-state index contributed by atoms with van der Waals surface area (Å²) in [6.07, 6.45) is 1.30. The van der Waals surface area contributed by atoms with Crippen LogP contribution in [-0.2, 0) is 14.8 Å². The van der Waals surface area contributed by atoms with E-state index in [0.717, 1.165) is 17.3 Å². The molecule has 3 aromatic rings. The minimum atomic E-state index is -3.74. The number of carbonyl (C=O) groups is 1. The first-order chi connectivity index (χ1) is 14.3. The van der Waals surface area contributed by atoms with Crippen molar-refractivity contribution in [3.05, 3.63) is 59.2 Å². The average Bonchev–Trinajstić information content (AvgIpc) is 2.72. The van der Waals surface area contributed by atoms with Crippen molar-refractivity contribution in [3.8, 4) is 11.3 Å². The third-order valence-electron chi connectivity index (χ3n) is 4.60. The molecule has 0 saturated carbocycles. The lowest BCUT2D eigenvalue weighted by Crippen LogP contribution is -2.31. The van der Waals surface area contributed by atoms with Crippen LogP contribution in [-0.4, -0.2) is 37.1 Å². The lowest BCUT2D eigenvalue weighted by molar-refractivity contribution is -0.113. The standard InChI is InChI=1S/C20H17ClN4O3S2/c1-12-7-8-16-13(9-12)19-17(30(27,28)25(16)2)10-22-20(24-19)29-11-18(26)23-15-6-4-3-5-14(15)21/h3-10H,11H2,1-2H3,(H,23,26). The fourth-order valence-electron chi connectivity index (χ4n) is 3.08. The van der Waals surface area contributed by atoms with Crippen molar-refractivity contribution in [3.63, 3.8) is 0 Å². The second kappa shape index (κ2) is 7.90. The Morgan fingerprint density at radius 2 is 2.00 bits per heavy atom. The number of thioether (sulfide) groups is 1. The first-order valence-electron chi connectivity index (χ1n) is 8.91. The van der Waals surface area contributed by atoms with Gasteiger partial charge in [-0.05, 0) is 31.2 Å². The van der Waals surface area contributed by atoms with Gasteiger partial charge in [-0.2, -0.15) is 0 Å². The van der Waals surface area contributed by atoms with Gasteiger partial charge in [-0.15, -0.1) is 0 Å². The monoisotopic (exact) mass is 460 g/mol. The number of para-hydroxylation sites is 1. The number of benzene rings is 2. The summed E-state index contributed by atoms with van der Waals surface area (Å²) in [5, 5.41) is 3.50. The molecule has 7 nitrogen and oxygen atoms in total. The van der Waals surface area contributed by atoms with Crippen LogP contribution in [0.25, 0.3) is 11.3 Å². The van der Waals surface area contributed by atoms with Crippen LogP contribution in [0, 0.1) is 6.92 Å². The molecule has 30 heavy (non-hydrogen) atoms. The molecule has 0 aliphatic carbocycles. The smallest absolute Gasteiger partial charge is 0.267 e. The van der Waals surface area contributed by atoms with Gasteiger partial charge >= 0.3 is 0 Å². The highest BCUT2D eigenvalue weighted by atomic mass is 35.5. The van der Waals surface area contributed by atoms with Gasteiger partial charge in [0.1, 0.15) is 4.90 Å². The SMILES string of the molecule is Cc1ccc2c(c1)-c1nc(SCC(=O)Nc3ccccc3Cl)ncc1S(=O)(=O)N2C. The van der Waals surface area contributed by atoms with E-state index >= 15 is 0 Å². The molecule has 0 fully saturated rings. The highest BCUT2D eigenvalue weighted by molar-refractivity contribution is 7.99. The maximum absolute atomic E-state index is 12.8. The number of nitrogens with one attached hydrogen (secondary N) is 1. The van der Waals surface area contributed by atoms with Crippen LogP contribution in [0.5, 0.6) is 0 Å². The van der Waals surface area contributed by atoms with Crippen LogP contribution in [0.2, 0.25) is 5.02 Å². The van der Waals surface area contributed by atoms with Crippen LogP contribution in [0.15, 0.2) is 58.7 Å². The van der Waals surface area contributed by atoms with Crippen molar-refractivity contribution in [1.29, 1.82) is 0 Å². The van der Waals surface area contributed by atoms with Gasteiger partial charge in [0.05, 0.1) is 34.0 Å². The number of amides is 1. The average molecular weight is 461 g/mol. The molecule has 2 aromatic carbocycles. The van der Waals surface area contributed by atoms with E-state index in [0.29, 0.717) is 32.8 Å². The molecular formula is C20H17ClN4O3S2. The Kier molecular flexibility index (Phi) is 5.44. The topological polar surface area (TPSA) is 92.3 Å². The van der Waals surface area contributed by atoms with Gasteiger partial charge in [0.15, 0.2) is 5.16 Å². The maximum Gasteiger partial charge on any atom is 0.267 e. The molecule has 0 unspecified atom stereocenters. The fourth-order valence-corrected chi connectivity index (χ4v) is 5.17. The van der Waals surface area contributed by atoms with Gasteiger partial charge in [-0.1, -0.05) is 47.1 Å². The number of halogens is 1. The molecular weight excluding hydrogens is 444 g/mol. The normalized spacial score (nSPS) is 14.0. The van der Waals surface area contributed by atoms with E-state index < -0.39 is 10.0 Å². The molecule has 1 N–H and O–H groups in total. The van der Waals surface area contributed by atoms with E-state index in [1.165, 1.54) is 17.5 Å². The number of sulfonamides is 1. The van der Waals surface area contributed by atoms with E-state index in [1.54, 1.807) is 30.3 Å². The van der Waals surface area contributed by atoms with Crippen LogP contribution < -0.4 is 9.62 Å². The second-order valence-corrected chi connectivity index (χ2v) is 9.96. The quantitative estimate of drug-likeness (QED) is 0.467. The van der Waals surface area contributed by atoms with Gasteiger partial charge in [0, 0.05) is 12.6 Å². The maximum atomic E-state index is 12.8. The zero-order valence-corrected chi connectivity index (χ0v) is 18.5. The number of aromatic nitrogens is 2. The second-order valence-electron chi connectivity index (χ2n) is 6.68. The van der Waals surface area contributed by atoms with E-state index in [4.69, 9.17) is 11.6 Å². The van der Waals surface area contributed by atoms with Crippen molar-refractivity contribution in [2.45, 2.75) is 17.0 Å². The Balaban J connectivity index is 1.60. The molecule has 10 heteroatoms. The molecule has 0 bridgehead atoms. The molecule has 1 amide bonds. The minimum absolute atomic E-state index is 0.0490. The molecule has 0 spiro atoms. The molecule has 154 valence electrons. The van der Waals surface area contributed by atoms with Crippen molar-refractivity contribution in [2.75, 3.05) is 22.4 Å². The Morgan fingerprint density at radius 3 is 2.77 bits per heavy atom. The number of aryl methyl sites for hydroxylation is 1. The molecule has 4 rings (SSSR count). The van der Waals surface area contributed by atoms with Crippen molar-refractivity contribution < 1.29 is 13.2 Å². The predicted octanol–water partition coefficient (Wildman–Crippen LogP) is 3.97. The molecule has 0 radical (unpaired) electrons. The summed E-state index contributed by atoms with van der Waals surface area (Å²) in [6.45, 7) is 1.93. The highest BCUT2D eigenvalue weighted by Crippen LogP contribution is 2.41.